The lowest BCUT2D eigenvalue weighted by molar-refractivity contribution is -0.879. The number of carbonyl (C=O) groups is 4. The molecule has 0 heterocycles. The summed E-state index contributed by atoms with van der Waals surface area (Å²) >= 11 is 0. The highest BCUT2D eigenvalue weighted by Gasteiger charge is 2.36. The van der Waals surface area contributed by atoms with Gasteiger partial charge in [0, 0.05) is 42.6 Å². The summed E-state index contributed by atoms with van der Waals surface area (Å²) in [4.78, 5) is 47.7. The number of quaternary nitrogens is 3. The third kappa shape index (κ3) is 46.5. The van der Waals surface area contributed by atoms with E-state index in [-0.39, 0.29) is 12.4 Å². The number of carboxylic acids is 3. The standard InChI is InChI=1S/C36H72N2O5.C21H41NO4/c1-9-11-13-15-17-19-20-22-24-26-28-32(36(41)42)34(30-38(6,7)8)43-33(29-37(3,4)5)31(35(39)40)27-25-23-21-18-16-14-12-10-2;1-5-6-7-8-9-10-11-12-13-14-15-16-21(25)26-19(17-20(23)24)18-22(2,3)4/h31-34H,9-30H2,1-8H3;19H,5-18H2,1-4H3. The predicted molar refractivity (Wildman–Crippen MR) is 279 cm³/mol. The first-order valence-corrected chi connectivity index (χ1v) is 28.3. The molecule has 0 aliphatic heterocycles. The largest absolute Gasteiger partial charge is 0.550 e. The van der Waals surface area contributed by atoms with E-state index >= 15 is 0 Å². The number of aliphatic carboxylic acids is 3. The van der Waals surface area contributed by atoms with Gasteiger partial charge in [0.25, 0.3) is 0 Å². The molecule has 0 rings (SSSR count). The van der Waals surface area contributed by atoms with Crippen molar-refractivity contribution < 1.29 is 57.4 Å². The van der Waals surface area contributed by atoms with Crippen LogP contribution >= 0.6 is 0 Å². The van der Waals surface area contributed by atoms with Crippen LogP contribution in [0.15, 0.2) is 0 Å². The molecule has 12 heteroatoms. The van der Waals surface area contributed by atoms with Crippen molar-refractivity contribution in [3.63, 3.8) is 0 Å². The van der Waals surface area contributed by atoms with E-state index in [9.17, 15) is 34.5 Å². The van der Waals surface area contributed by atoms with E-state index in [2.05, 4.69) is 20.8 Å². The van der Waals surface area contributed by atoms with E-state index in [1.165, 1.54) is 128 Å². The minimum Gasteiger partial charge on any atom is -0.550 e. The van der Waals surface area contributed by atoms with E-state index in [1.807, 2.05) is 63.4 Å². The normalized spacial score (nSPS) is 14.3. The third-order valence-electron chi connectivity index (χ3n) is 13.0. The second-order valence-electron chi connectivity index (χ2n) is 23.7. The fourth-order valence-corrected chi connectivity index (χ4v) is 9.21. The van der Waals surface area contributed by atoms with Gasteiger partial charge in [0.1, 0.15) is 31.8 Å². The van der Waals surface area contributed by atoms with Gasteiger partial charge in [-0.2, -0.15) is 0 Å². The molecular formula is C57H113N3O9. The van der Waals surface area contributed by atoms with Crippen molar-refractivity contribution in [2.24, 2.45) is 11.8 Å². The Kier molecular flexibility index (Phi) is 42.1. The molecule has 0 N–H and O–H groups in total. The second kappa shape index (κ2) is 42.2. The van der Waals surface area contributed by atoms with Crippen LogP contribution in [0.1, 0.15) is 233 Å². The van der Waals surface area contributed by atoms with Gasteiger partial charge >= 0.3 is 5.97 Å². The quantitative estimate of drug-likeness (QED) is 0.0330. The zero-order chi connectivity index (χ0) is 52.6. The van der Waals surface area contributed by atoms with Gasteiger partial charge in [-0.3, -0.25) is 4.79 Å². The van der Waals surface area contributed by atoms with Gasteiger partial charge in [0.2, 0.25) is 0 Å². The van der Waals surface area contributed by atoms with Gasteiger partial charge in [-0.15, -0.1) is 0 Å². The van der Waals surface area contributed by atoms with Gasteiger partial charge in [-0.25, -0.2) is 0 Å². The second-order valence-corrected chi connectivity index (χ2v) is 23.7. The van der Waals surface area contributed by atoms with Crippen molar-refractivity contribution in [1.29, 1.82) is 0 Å². The van der Waals surface area contributed by atoms with Gasteiger partial charge < -0.3 is 52.6 Å². The summed E-state index contributed by atoms with van der Waals surface area (Å²) < 4.78 is 13.6. The van der Waals surface area contributed by atoms with Crippen LogP contribution in [0.5, 0.6) is 0 Å². The zero-order valence-electron chi connectivity index (χ0n) is 47.4. The number of carbonyl (C=O) groups excluding carboxylic acids is 4. The highest BCUT2D eigenvalue weighted by atomic mass is 16.5. The number of unbranched alkanes of at least 4 members (excludes halogenated alkanes) is 26. The van der Waals surface area contributed by atoms with Crippen molar-refractivity contribution in [3.05, 3.63) is 0 Å². The van der Waals surface area contributed by atoms with E-state index in [0.717, 1.165) is 57.8 Å². The van der Waals surface area contributed by atoms with Gasteiger partial charge in [0.05, 0.1) is 63.4 Å². The number of hydrogen-bond acceptors (Lipinski definition) is 9. The fourth-order valence-electron chi connectivity index (χ4n) is 9.21. The van der Waals surface area contributed by atoms with Gasteiger partial charge in [0.15, 0.2) is 6.10 Å². The smallest absolute Gasteiger partial charge is 0.306 e. The first-order chi connectivity index (χ1) is 32.5. The van der Waals surface area contributed by atoms with Crippen LogP contribution in [0.4, 0.5) is 0 Å². The van der Waals surface area contributed by atoms with Crippen molar-refractivity contribution in [2.45, 2.75) is 251 Å². The van der Waals surface area contributed by atoms with Crippen LogP contribution in [-0.4, -0.2) is 139 Å². The molecule has 5 unspecified atom stereocenters. The maximum atomic E-state index is 12.5. The molecule has 0 radical (unpaired) electrons. The number of rotatable bonds is 47. The van der Waals surface area contributed by atoms with Crippen LogP contribution in [0, 0.1) is 11.8 Å². The van der Waals surface area contributed by atoms with Crippen LogP contribution in [0.3, 0.4) is 0 Å². The maximum absolute atomic E-state index is 12.5. The molecule has 0 bridgehead atoms. The Balaban J connectivity index is 0. The molecule has 0 aromatic rings. The molecule has 0 saturated heterocycles. The van der Waals surface area contributed by atoms with Crippen molar-refractivity contribution in [1.82, 2.24) is 0 Å². The van der Waals surface area contributed by atoms with Crippen molar-refractivity contribution >= 4 is 23.9 Å². The lowest BCUT2D eigenvalue weighted by Crippen LogP contribution is -2.55. The highest BCUT2D eigenvalue weighted by molar-refractivity contribution is 5.71. The third-order valence-corrected chi connectivity index (χ3v) is 13.0. The zero-order valence-corrected chi connectivity index (χ0v) is 47.4. The molecule has 410 valence electrons. The number of likely N-dealkylation sites (N-methyl/N-ethyl adjacent to an activating group) is 3. The Hall–Kier alpha value is -2.28. The number of carboxylic acid groups (broad SMARTS) is 3. The van der Waals surface area contributed by atoms with Crippen LogP contribution in [0.2, 0.25) is 0 Å². The topological polar surface area (TPSA) is 156 Å². The molecule has 12 nitrogen and oxygen atoms in total. The van der Waals surface area contributed by atoms with E-state index in [0.29, 0.717) is 52.3 Å². The van der Waals surface area contributed by atoms with E-state index in [1.54, 1.807) is 0 Å². The van der Waals surface area contributed by atoms with E-state index in [4.69, 9.17) is 9.47 Å². The van der Waals surface area contributed by atoms with Crippen LogP contribution in [0.25, 0.3) is 0 Å². The first kappa shape index (κ1) is 68.8. The lowest BCUT2D eigenvalue weighted by Gasteiger charge is -2.40. The monoisotopic (exact) mass is 984 g/mol. The Labute approximate surface area is 425 Å². The summed E-state index contributed by atoms with van der Waals surface area (Å²) in [6.45, 7) is 8.11. The van der Waals surface area contributed by atoms with Crippen LogP contribution < -0.4 is 15.3 Å². The Bertz CT molecular complexity index is 1260. The van der Waals surface area contributed by atoms with Gasteiger partial charge in [-0.1, -0.05) is 201 Å². The summed E-state index contributed by atoms with van der Waals surface area (Å²) in [6.07, 6.45) is 33.8. The maximum Gasteiger partial charge on any atom is 0.306 e. The molecule has 5 atom stereocenters. The number of nitrogens with zero attached hydrogens (tertiary/aromatic N) is 3. The Morgan fingerprint density at radius 1 is 0.391 bits per heavy atom. The minimum absolute atomic E-state index is 0.237. The van der Waals surface area contributed by atoms with Crippen LogP contribution in [-0.2, 0) is 28.7 Å². The molecule has 0 spiro atoms. The molecule has 0 amide bonds. The Morgan fingerprint density at radius 3 is 0.928 bits per heavy atom. The summed E-state index contributed by atoms with van der Waals surface area (Å²) in [6, 6.07) is 0. The summed E-state index contributed by atoms with van der Waals surface area (Å²) in [5.41, 5.74) is 0. The van der Waals surface area contributed by atoms with Crippen molar-refractivity contribution in [2.75, 3.05) is 83.1 Å². The molecule has 0 saturated carbocycles. The molecule has 0 aromatic heterocycles. The summed E-state index contributed by atoms with van der Waals surface area (Å²) in [5, 5.41) is 35.8. The minimum atomic E-state index is -1.18. The predicted octanol–water partition coefficient (Wildman–Crippen LogP) is 9.17. The summed E-state index contributed by atoms with van der Waals surface area (Å²) in [5.74, 6) is -5.19. The number of hydrogen-bond donors (Lipinski definition) is 0. The average Bonchev–Trinajstić information content (AvgIpc) is 3.22. The fraction of sp³-hybridized carbons (Fsp3) is 0.930. The Morgan fingerprint density at radius 2 is 0.667 bits per heavy atom. The highest BCUT2D eigenvalue weighted by Crippen LogP contribution is 2.27. The first-order valence-electron chi connectivity index (χ1n) is 28.3. The number of ether oxygens (including phenoxy) is 2. The van der Waals surface area contributed by atoms with Gasteiger partial charge in [-0.05, 0) is 19.3 Å². The molecule has 69 heavy (non-hydrogen) atoms. The van der Waals surface area contributed by atoms with E-state index < -0.39 is 48.1 Å². The SMILES string of the molecule is CCCCCCCCCCCCC(C(=O)[O-])C(C[N+](C)(C)C)OC(C[N+](C)(C)C)C(CCCCCCCCCC)C(=O)[O-].CCCCCCCCCCCCCC(=O)OC(CC(=O)[O-])C[N+](C)(C)C. The molecular weight excluding hydrogens is 871 g/mol. The van der Waals surface area contributed by atoms with Crippen molar-refractivity contribution in [3.8, 4) is 0 Å². The average molecular weight is 985 g/mol. The number of esters is 1. The summed E-state index contributed by atoms with van der Waals surface area (Å²) in [7, 11) is 18.0. The molecule has 0 aliphatic rings. The lowest BCUT2D eigenvalue weighted by atomic mass is 9.91. The molecule has 0 aromatic carbocycles. The molecule has 0 aliphatic carbocycles. The molecule has 0 fully saturated rings.